The molecule has 18 heavy (non-hydrogen) atoms. The van der Waals surface area contributed by atoms with Crippen LogP contribution in [-0.2, 0) is 10.2 Å². The summed E-state index contributed by atoms with van der Waals surface area (Å²) in [5, 5.41) is 9.45. The summed E-state index contributed by atoms with van der Waals surface area (Å²) < 4.78 is 27.2. The molecule has 2 nitrogen and oxygen atoms in total. The molecule has 0 atom stereocenters. The Balaban J connectivity index is 2.55. The van der Waals surface area contributed by atoms with Crippen molar-refractivity contribution in [2.24, 2.45) is 0 Å². The van der Waals surface area contributed by atoms with Crippen LogP contribution in [0.2, 0.25) is 0 Å². The van der Waals surface area contributed by atoms with Crippen LogP contribution in [0, 0.1) is 11.6 Å². The maximum absolute atomic E-state index is 13.9. The number of carboxylic acid groups (broad SMARTS) is 1. The monoisotopic (exact) mass is 318 g/mol. The van der Waals surface area contributed by atoms with E-state index in [0.717, 1.165) is 25.3 Å². The number of hydrogen-bond acceptors (Lipinski definition) is 1. The molecule has 0 aliphatic heterocycles. The second kappa shape index (κ2) is 4.96. The maximum atomic E-state index is 13.9. The predicted octanol–water partition coefficient (Wildman–Crippen LogP) is 4.01. The number of carbonyl (C=O) groups is 1. The molecule has 0 saturated heterocycles. The van der Waals surface area contributed by atoms with Crippen molar-refractivity contribution < 1.29 is 18.7 Å². The van der Waals surface area contributed by atoms with Gasteiger partial charge in [0.05, 0.1) is 9.89 Å². The van der Waals surface area contributed by atoms with E-state index in [9.17, 15) is 18.7 Å². The second-order valence-electron chi connectivity index (χ2n) is 4.69. The number of rotatable bonds is 2. The molecule has 2 rings (SSSR count). The van der Waals surface area contributed by atoms with Crippen LogP contribution in [-0.4, -0.2) is 11.1 Å². The Hall–Kier alpha value is -0.970. The van der Waals surface area contributed by atoms with Crippen LogP contribution in [0.4, 0.5) is 8.78 Å². The Kier molecular flexibility index (Phi) is 3.71. The zero-order valence-electron chi connectivity index (χ0n) is 9.68. The number of hydrogen-bond donors (Lipinski definition) is 1. The van der Waals surface area contributed by atoms with Crippen LogP contribution >= 0.6 is 15.9 Å². The third-order valence-electron chi connectivity index (χ3n) is 3.64. The van der Waals surface area contributed by atoms with E-state index in [4.69, 9.17) is 0 Å². The lowest BCUT2D eigenvalue weighted by Gasteiger charge is -2.34. The van der Waals surface area contributed by atoms with Crippen LogP contribution < -0.4 is 0 Å². The Morgan fingerprint density at radius 1 is 1.17 bits per heavy atom. The summed E-state index contributed by atoms with van der Waals surface area (Å²) in [4.78, 5) is 11.5. The molecule has 1 aliphatic carbocycles. The van der Waals surface area contributed by atoms with Gasteiger partial charge in [0.25, 0.3) is 0 Å². The summed E-state index contributed by atoms with van der Waals surface area (Å²) in [5.41, 5.74) is -1.12. The summed E-state index contributed by atoms with van der Waals surface area (Å²) in [7, 11) is 0. The smallest absolute Gasteiger partial charge is 0.314 e. The van der Waals surface area contributed by atoms with Gasteiger partial charge in [-0.05, 0) is 34.8 Å². The molecule has 0 spiro atoms. The van der Waals surface area contributed by atoms with Gasteiger partial charge in [-0.15, -0.1) is 0 Å². The summed E-state index contributed by atoms with van der Waals surface area (Å²) in [6, 6.07) is 2.02. The molecule has 1 saturated carbocycles. The molecule has 1 aromatic carbocycles. The van der Waals surface area contributed by atoms with Crippen molar-refractivity contribution in [3.63, 3.8) is 0 Å². The van der Waals surface area contributed by atoms with Gasteiger partial charge in [-0.25, -0.2) is 8.78 Å². The van der Waals surface area contributed by atoms with Crippen molar-refractivity contribution in [3.05, 3.63) is 33.8 Å². The van der Waals surface area contributed by atoms with Crippen LogP contribution in [0.1, 0.15) is 37.7 Å². The average Bonchev–Trinajstić information content (AvgIpc) is 2.34. The maximum Gasteiger partial charge on any atom is 0.314 e. The van der Waals surface area contributed by atoms with Gasteiger partial charge in [0.1, 0.15) is 11.6 Å². The fraction of sp³-hybridized carbons (Fsp3) is 0.462. The van der Waals surface area contributed by atoms with Gasteiger partial charge >= 0.3 is 5.97 Å². The fourth-order valence-corrected chi connectivity index (χ4v) is 2.99. The lowest BCUT2D eigenvalue weighted by Crippen LogP contribution is -2.38. The van der Waals surface area contributed by atoms with Crippen LogP contribution in [0.5, 0.6) is 0 Å². The van der Waals surface area contributed by atoms with E-state index in [1.807, 2.05) is 0 Å². The molecular weight excluding hydrogens is 306 g/mol. The molecule has 0 bridgehead atoms. The van der Waals surface area contributed by atoms with Gasteiger partial charge in [0, 0.05) is 11.6 Å². The first-order valence-corrected chi connectivity index (χ1v) is 6.65. The zero-order chi connectivity index (χ0) is 13.3. The molecule has 1 fully saturated rings. The minimum Gasteiger partial charge on any atom is -0.481 e. The molecule has 5 heteroatoms. The van der Waals surface area contributed by atoms with E-state index in [2.05, 4.69) is 15.9 Å². The van der Waals surface area contributed by atoms with Crippen molar-refractivity contribution in [3.8, 4) is 0 Å². The summed E-state index contributed by atoms with van der Waals surface area (Å²) in [5.74, 6) is -2.52. The van der Waals surface area contributed by atoms with Gasteiger partial charge in [0.15, 0.2) is 0 Å². The molecule has 98 valence electrons. The van der Waals surface area contributed by atoms with Crippen molar-refractivity contribution in [1.82, 2.24) is 0 Å². The zero-order valence-corrected chi connectivity index (χ0v) is 11.3. The quantitative estimate of drug-likeness (QED) is 0.836. The number of benzene rings is 1. The summed E-state index contributed by atoms with van der Waals surface area (Å²) in [6.45, 7) is 0. The van der Waals surface area contributed by atoms with Crippen molar-refractivity contribution in [2.45, 2.75) is 37.5 Å². The highest BCUT2D eigenvalue weighted by atomic mass is 79.9. The molecule has 0 aromatic heterocycles. The van der Waals surface area contributed by atoms with Gasteiger partial charge in [-0.2, -0.15) is 0 Å². The molecule has 0 amide bonds. The number of aliphatic carboxylic acids is 1. The van der Waals surface area contributed by atoms with Crippen LogP contribution in [0.15, 0.2) is 16.6 Å². The molecule has 1 aliphatic rings. The Morgan fingerprint density at radius 2 is 1.78 bits per heavy atom. The lowest BCUT2D eigenvalue weighted by atomic mass is 9.69. The number of carboxylic acids is 1. The van der Waals surface area contributed by atoms with Gasteiger partial charge < -0.3 is 5.11 Å². The van der Waals surface area contributed by atoms with E-state index < -0.39 is 23.0 Å². The summed E-state index contributed by atoms with van der Waals surface area (Å²) >= 11 is 2.99. The van der Waals surface area contributed by atoms with Crippen LogP contribution in [0.3, 0.4) is 0 Å². The Morgan fingerprint density at radius 3 is 2.33 bits per heavy atom. The predicted molar refractivity (Wildman–Crippen MR) is 66.5 cm³/mol. The van der Waals surface area contributed by atoms with E-state index >= 15 is 0 Å². The number of halogens is 3. The highest BCUT2D eigenvalue weighted by Gasteiger charge is 2.43. The Bertz CT molecular complexity index is 482. The first kappa shape index (κ1) is 13.5. The van der Waals surface area contributed by atoms with Crippen LogP contribution in [0.25, 0.3) is 0 Å². The van der Waals surface area contributed by atoms with Gasteiger partial charge in [0.2, 0.25) is 0 Å². The minimum atomic E-state index is -1.21. The van der Waals surface area contributed by atoms with Gasteiger partial charge in [-0.3, -0.25) is 4.79 Å². The third kappa shape index (κ3) is 2.16. The van der Waals surface area contributed by atoms with E-state index in [1.54, 1.807) is 0 Å². The highest BCUT2D eigenvalue weighted by Crippen LogP contribution is 2.42. The van der Waals surface area contributed by atoms with E-state index in [1.165, 1.54) is 6.07 Å². The first-order chi connectivity index (χ1) is 8.47. The van der Waals surface area contributed by atoms with Gasteiger partial charge in [-0.1, -0.05) is 19.3 Å². The molecule has 0 heterocycles. The lowest BCUT2D eigenvalue weighted by molar-refractivity contribution is -0.145. The standard InChI is InChI=1S/C13H13BrF2O2/c14-9-6-8(10(15)7-11(9)16)13(12(17)18)4-2-1-3-5-13/h6-7H,1-5H2,(H,17,18). The molecule has 1 aromatic rings. The minimum absolute atomic E-state index is 0.0861. The van der Waals surface area contributed by atoms with Crippen molar-refractivity contribution in [1.29, 1.82) is 0 Å². The largest absolute Gasteiger partial charge is 0.481 e. The van der Waals surface area contributed by atoms with E-state index in [0.29, 0.717) is 12.8 Å². The third-order valence-corrected chi connectivity index (χ3v) is 4.25. The molecule has 0 unspecified atom stereocenters. The topological polar surface area (TPSA) is 37.3 Å². The molecular formula is C13H13BrF2O2. The van der Waals surface area contributed by atoms with Crippen molar-refractivity contribution >= 4 is 21.9 Å². The highest BCUT2D eigenvalue weighted by molar-refractivity contribution is 9.10. The SMILES string of the molecule is O=C(O)C1(c2cc(Br)c(F)cc2F)CCCCC1. The molecule has 0 radical (unpaired) electrons. The van der Waals surface area contributed by atoms with Crippen molar-refractivity contribution in [2.75, 3.05) is 0 Å². The first-order valence-electron chi connectivity index (χ1n) is 5.86. The van der Waals surface area contributed by atoms with E-state index in [-0.39, 0.29) is 10.0 Å². The Labute approximate surface area is 112 Å². The fourth-order valence-electron chi connectivity index (χ4n) is 2.64. The normalized spacial score (nSPS) is 18.6. The average molecular weight is 319 g/mol. The second-order valence-corrected chi connectivity index (χ2v) is 5.55. The molecule has 1 N–H and O–H groups in total. The summed E-state index contributed by atoms with van der Waals surface area (Å²) in [6.07, 6.45) is 3.26.